The lowest BCUT2D eigenvalue weighted by atomic mass is 9.99. The summed E-state index contributed by atoms with van der Waals surface area (Å²) in [5.41, 5.74) is 0. The quantitative estimate of drug-likeness (QED) is 0.886. The summed E-state index contributed by atoms with van der Waals surface area (Å²) in [7, 11) is -3.53. The van der Waals surface area contributed by atoms with Crippen LogP contribution in [0.4, 0.5) is 0 Å². The van der Waals surface area contributed by atoms with Gasteiger partial charge in [-0.05, 0) is 36.4 Å². The van der Waals surface area contributed by atoms with E-state index in [2.05, 4.69) is 5.32 Å². The van der Waals surface area contributed by atoms with Gasteiger partial charge >= 0.3 is 0 Å². The number of benzene rings is 1. The molecule has 0 spiro atoms. The maximum absolute atomic E-state index is 12.7. The molecule has 1 unspecified atom stereocenters. The Bertz CT molecular complexity index is 773. The van der Waals surface area contributed by atoms with Crippen LogP contribution in [0.15, 0.2) is 52.7 Å². The number of thiophene rings is 1. The van der Waals surface area contributed by atoms with Gasteiger partial charge in [0.2, 0.25) is 15.9 Å². The molecule has 1 amide bonds. The Morgan fingerprint density at radius 2 is 2.00 bits per heavy atom. The van der Waals surface area contributed by atoms with Crippen LogP contribution in [0.2, 0.25) is 0 Å². The highest BCUT2D eigenvalue weighted by Gasteiger charge is 2.33. The molecule has 3 rings (SSSR count). The lowest BCUT2D eigenvalue weighted by molar-refractivity contribution is -0.126. The van der Waals surface area contributed by atoms with Gasteiger partial charge in [-0.3, -0.25) is 4.79 Å². The molecule has 1 fully saturated rings. The Morgan fingerprint density at radius 1 is 1.21 bits per heavy atom. The molecule has 1 saturated heterocycles. The van der Waals surface area contributed by atoms with E-state index in [-0.39, 0.29) is 23.3 Å². The zero-order valence-electron chi connectivity index (χ0n) is 13.2. The number of carbonyl (C=O) groups is 1. The largest absolute Gasteiger partial charge is 0.351 e. The molecule has 1 aromatic heterocycles. The third-order valence-corrected chi connectivity index (χ3v) is 6.91. The number of nitrogens with zero attached hydrogens (tertiary/aromatic N) is 1. The summed E-state index contributed by atoms with van der Waals surface area (Å²) < 4.78 is 26.8. The second-order valence-electron chi connectivity index (χ2n) is 5.81. The average molecular weight is 364 g/mol. The van der Waals surface area contributed by atoms with Crippen molar-refractivity contribution in [2.24, 2.45) is 5.92 Å². The molecule has 0 saturated carbocycles. The second-order valence-corrected chi connectivity index (χ2v) is 8.78. The number of hydrogen-bond acceptors (Lipinski definition) is 4. The van der Waals surface area contributed by atoms with E-state index < -0.39 is 10.0 Å². The monoisotopic (exact) mass is 364 g/mol. The minimum atomic E-state index is -3.53. The smallest absolute Gasteiger partial charge is 0.243 e. The Balaban J connectivity index is 1.64. The summed E-state index contributed by atoms with van der Waals surface area (Å²) in [6, 6.07) is 12.3. The highest BCUT2D eigenvalue weighted by Crippen LogP contribution is 2.24. The van der Waals surface area contributed by atoms with E-state index in [0.29, 0.717) is 19.5 Å². The highest BCUT2D eigenvalue weighted by atomic mass is 32.2. The average Bonchev–Trinajstić information content (AvgIpc) is 3.14. The standard InChI is InChI=1S/C17H20N2O3S2/c20-17(18-12-15-7-5-11-23-15)14-6-4-10-19(13-14)24(21,22)16-8-2-1-3-9-16/h1-3,5,7-9,11,14H,4,6,10,12-13H2,(H,18,20). The van der Waals surface area contributed by atoms with E-state index in [1.165, 1.54) is 4.31 Å². The van der Waals surface area contributed by atoms with Gasteiger partial charge < -0.3 is 5.32 Å². The summed E-state index contributed by atoms with van der Waals surface area (Å²) in [5, 5.41) is 4.89. The first-order chi connectivity index (χ1) is 11.6. The molecule has 24 heavy (non-hydrogen) atoms. The maximum Gasteiger partial charge on any atom is 0.243 e. The first-order valence-corrected chi connectivity index (χ1v) is 10.2. The molecule has 1 aromatic carbocycles. The van der Waals surface area contributed by atoms with Gasteiger partial charge in [0, 0.05) is 18.0 Å². The topological polar surface area (TPSA) is 66.5 Å². The molecule has 2 heterocycles. The Kier molecular flexibility index (Phi) is 5.33. The van der Waals surface area contributed by atoms with Crippen molar-refractivity contribution in [3.63, 3.8) is 0 Å². The third-order valence-electron chi connectivity index (χ3n) is 4.15. The van der Waals surface area contributed by atoms with Crippen LogP contribution >= 0.6 is 11.3 Å². The molecular formula is C17H20N2O3S2. The summed E-state index contributed by atoms with van der Waals surface area (Å²) in [5.74, 6) is -0.367. The molecular weight excluding hydrogens is 344 g/mol. The molecule has 5 nitrogen and oxygen atoms in total. The number of hydrogen-bond donors (Lipinski definition) is 1. The van der Waals surface area contributed by atoms with Crippen LogP contribution in [-0.2, 0) is 21.4 Å². The van der Waals surface area contributed by atoms with E-state index in [4.69, 9.17) is 0 Å². The van der Waals surface area contributed by atoms with E-state index in [1.54, 1.807) is 41.7 Å². The Morgan fingerprint density at radius 3 is 2.71 bits per heavy atom. The van der Waals surface area contributed by atoms with Crippen LogP contribution in [0, 0.1) is 5.92 Å². The fourth-order valence-electron chi connectivity index (χ4n) is 2.85. The summed E-state index contributed by atoms with van der Waals surface area (Å²) >= 11 is 1.59. The molecule has 128 valence electrons. The lowest BCUT2D eigenvalue weighted by Crippen LogP contribution is -2.45. The van der Waals surface area contributed by atoms with Gasteiger partial charge in [0.15, 0.2) is 0 Å². The van der Waals surface area contributed by atoms with Crippen LogP contribution in [0.25, 0.3) is 0 Å². The van der Waals surface area contributed by atoms with Gasteiger partial charge in [-0.25, -0.2) is 8.42 Å². The minimum Gasteiger partial charge on any atom is -0.351 e. The normalized spacial score (nSPS) is 19.1. The number of piperidine rings is 1. The highest BCUT2D eigenvalue weighted by molar-refractivity contribution is 7.89. The summed E-state index contributed by atoms with van der Waals surface area (Å²) in [6.45, 7) is 1.21. The van der Waals surface area contributed by atoms with Crippen molar-refractivity contribution in [3.05, 3.63) is 52.7 Å². The second kappa shape index (κ2) is 7.46. The van der Waals surface area contributed by atoms with Gasteiger partial charge in [0.25, 0.3) is 0 Å². The van der Waals surface area contributed by atoms with E-state index in [9.17, 15) is 13.2 Å². The number of carbonyl (C=O) groups excluding carboxylic acids is 1. The van der Waals surface area contributed by atoms with Gasteiger partial charge in [-0.2, -0.15) is 4.31 Å². The van der Waals surface area contributed by atoms with Crippen LogP contribution in [0.5, 0.6) is 0 Å². The summed E-state index contributed by atoms with van der Waals surface area (Å²) in [4.78, 5) is 13.7. The van der Waals surface area contributed by atoms with Crippen LogP contribution in [0.1, 0.15) is 17.7 Å². The van der Waals surface area contributed by atoms with Gasteiger partial charge in [-0.1, -0.05) is 24.3 Å². The van der Waals surface area contributed by atoms with Gasteiger partial charge in [0.1, 0.15) is 0 Å². The van der Waals surface area contributed by atoms with Crippen molar-refractivity contribution in [1.82, 2.24) is 9.62 Å². The third kappa shape index (κ3) is 3.85. The van der Waals surface area contributed by atoms with Crippen molar-refractivity contribution >= 4 is 27.3 Å². The predicted molar refractivity (Wildman–Crippen MR) is 94.1 cm³/mol. The molecule has 1 N–H and O–H groups in total. The van der Waals surface area contributed by atoms with Crippen LogP contribution in [0.3, 0.4) is 0 Å². The Hall–Kier alpha value is -1.70. The zero-order chi connectivity index (χ0) is 17.0. The number of amides is 1. The van der Waals surface area contributed by atoms with Crippen molar-refractivity contribution in [2.75, 3.05) is 13.1 Å². The van der Waals surface area contributed by atoms with Crippen LogP contribution < -0.4 is 5.32 Å². The van der Waals surface area contributed by atoms with Crippen molar-refractivity contribution in [2.45, 2.75) is 24.3 Å². The van der Waals surface area contributed by atoms with Crippen LogP contribution in [-0.4, -0.2) is 31.7 Å². The molecule has 0 radical (unpaired) electrons. The Labute approximate surface area is 146 Å². The molecule has 2 aromatic rings. The molecule has 1 aliphatic heterocycles. The lowest BCUT2D eigenvalue weighted by Gasteiger charge is -2.31. The maximum atomic E-state index is 12.7. The fourth-order valence-corrected chi connectivity index (χ4v) is 5.04. The first-order valence-electron chi connectivity index (χ1n) is 7.92. The predicted octanol–water partition coefficient (Wildman–Crippen LogP) is 2.47. The number of rotatable bonds is 5. The van der Waals surface area contributed by atoms with Crippen molar-refractivity contribution < 1.29 is 13.2 Å². The number of nitrogens with one attached hydrogen (secondary N) is 1. The zero-order valence-corrected chi connectivity index (χ0v) is 14.9. The molecule has 1 aliphatic rings. The molecule has 0 aliphatic carbocycles. The van der Waals surface area contributed by atoms with E-state index in [1.807, 2.05) is 17.5 Å². The van der Waals surface area contributed by atoms with E-state index >= 15 is 0 Å². The minimum absolute atomic E-state index is 0.0728. The molecule has 0 bridgehead atoms. The van der Waals surface area contributed by atoms with Crippen molar-refractivity contribution in [1.29, 1.82) is 0 Å². The first kappa shape index (κ1) is 17.1. The van der Waals surface area contributed by atoms with Gasteiger partial charge in [-0.15, -0.1) is 11.3 Å². The SMILES string of the molecule is O=C(NCc1cccs1)C1CCCN(S(=O)(=O)c2ccccc2)C1. The van der Waals surface area contributed by atoms with E-state index in [0.717, 1.165) is 11.3 Å². The van der Waals surface area contributed by atoms with Gasteiger partial charge in [0.05, 0.1) is 17.4 Å². The fraction of sp³-hybridized carbons (Fsp3) is 0.353. The summed E-state index contributed by atoms with van der Waals surface area (Å²) in [6.07, 6.45) is 1.42. The number of sulfonamides is 1. The molecule has 7 heteroatoms. The molecule has 1 atom stereocenters. The van der Waals surface area contributed by atoms with Crippen molar-refractivity contribution in [3.8, 4) is 0 Å².